The van der Waals surface area contributed by atoms with Gasteiger partial charge in [0.1, 0.15) is 12.1 Å². The maximum absolute atomic E-state index is 13.6. The van der Waals surface area contributed by atoms with E-state index in [1.165, 1.54) is 0 Å². The molecule has 0 aliphatic carbocycles. The van der Waals surface area contributed by atoms with Crippen molar-refractivity contribution in [2.45, 2.75) is 68.7 Å². The number of carboxylic acid groups (broad SMARTS) is 2. The van der Waals surface area contributed by atoms with Gasteiger partial charge in [-0.25, -0.2) is 9.59 Å². The number of halogens is 2. The van der Waals surface area contributed by atoms with Crippen LogP contribution < -0.4 is 10.6 Å². The Kier molecular flexibility index (Phi) is 10.7. The average molecular weight is 639 g/mol. The van der Waals surface area contributed by atoms with Crippen LogP contribution in [0.3, 0.4) is 0 Å². The van der Waals surface area contributed by atoms with Gasteiger partial charge in [-0.05, 0) is 63.9 Å². The number of rotatable bonds is 12. The lowest BCUT2D eigenvalue weighted by Crippen LogP contribution is -2.57. The minimum atomic E-state index is -1.50. The second-order valence-electron chi connectivity index (χ2n) is 10.9. The number of nitrogens with one attached hydrogen (secondary N) is 2. The van der Waals surface area contributed by atoms with Gasteiger partial charge < -0.3 is 20.8 Å². The Bertz CT molecular complexity index is 1360. The van der Waals surface area contributed by atoms with Crippen molar-refractivity contribution in [1.82, 2.24) is 10.2 Å². The van der Waals surface area contributed by atoms with Crippen molar-refractivity contribution in [3.63, 3.8) is 0 Å². The molecule has 1 saturated heterocycles. The van der Waals surface area contributed by atoms with Crippen molar-refractivity contribution in [1.29, 1.82) is 0 Å². The number of Topliss-reactive ketones (excluding diaryl/α,β-unsaturated/α-hetero) is 1. The summed E-state index contributed by atoms with van der Waals surface area (Å²) in [6.45, 7) is 7.93. The fourth-order valence-electron chi connectivity index (χ4n) is 5.14. The molecule has 1 fully saturated rings. The Morgan fingerprint density at radius 3 is 2.12 bits per heavy atom. The molecule has 3 rings (SSSR count). The lowest BCUT2D eigenvalue weighted by Gasteiger charge is -2.35. The Morgan fingerprint density at radius 1 is 0.976 bits per heavy atom. The highest BCUT2D eigenvalue weighted by atomic mass is 35.5. The second-order valence-corrected chi connectivity index (χ2v) is 14.0. The summed E-state index contributed by atoms with van der Waals surface area (Å²) in [6, 6.07) is 9.29. The Balaban J connectivity index is 1.70. The number of amides is 2. The van der Waals surface area contributed by atoms with Gasteiger partial charge in [-0.3, -0.25) is 19.3 Å². The zero-order valence-corrected chi connectivity index (χ0v) is 25.9. The first-order valence-electron chi connectivity index (χ1n) is 13.1. The molecule has 2 amide bonds. The minimum Gasteiger partial charge on any atom is -0.480 e. The van der Waals surface area contributed by atoms with E-state index in [9.17, 15) is 29.1 Å². The van der Waals surface area contributed by atoms with Crippen molar-refractivity contribution in [2.24, 2.45) is 0 Å². The predicted molar refractivity (Wildman–Crippen MR) is 162 cm³/mol. The summed E-state index contributed by atoms with van der Waals surface area (Å²) in [7, 11) is 0. The van der Waals surface area contributed by atoms with E-state index in [0.717, 1.165) is 0 Å². The van der Waals surface area contributed by atoms with Gasteiger partial charge in [-0.1, -0.05) is 41.4 Å². The first kappa shape index (κ1) is 33.4. The van der Waals surface area contributed by atoms with E-state index in [4.69, 9.17) is 28.3 Å². The van der Waals surface area contributed by atoms with E-state index in [-0.39, 0.29) is 41.4 Å². The molecule has 2 aromatic carbocycles. The van der Waals surface area contributed by atoms with E-state index >= 15 is 0 Å². The zero-order chi connectivity index (χ0) is 31.4. The first-order valence-corrected chi connectivity index (χ1v) is 14.7. The summed E-state index contributed by atoms with van der Waals surface area (Å²) in [5.41, 5.74) is 1.19. The van der Waals surface area contributed by atoms with E-state index in [1.807, 2.05) is 32.6 Å². The van der Waals surface area contributed by atoms with Crippen molar-refractivity contribution in [2.75, 3.05) is 11.9 Å². The number of nitrogens with zero attached hydrogens (tertiary/aromatic N) is 1. The van der Waals surface area contributed by atoms with Gasteiger partial charge >= 0.3 is 11.9 Å². The number of aliphatic carboxylic acids is 2. The van der Waals surface area contributed by atoms with E-state index < -0.39 is 51.2 Å². The van der Waals surface area contributed by atoms with Crippen LogP contribution in [-0.2, 0) is 25.6 Å². The van der Waals surface area contributed by atoms with Crippen molar-refractivity contribution in [3.05, 3.63) is 63.6 Å². The molecule has 0 spiro atoms. The average Bonchev–Trinajstić information content (AvgIpc) is 3.06. The summed E-state index contributed by atoms with van der Waals surface area (Å²) >= 11 is 13.8. The SMILES string of the molecule is CC1(C)SC(C)(C)N(CCCC(=O)C(=O)O)[C@H]1C(=O)N[C@H](Cc1ccc(NC(=O)c2c(Cl)cccc2Cl)cc1)C(=O)O. The molecule has 4 N–H and O–H groups in total. The number of anilines is 1. The molecule has 0 bridgehead atoms. The minimum absolute atomic E-state index is 0.0115. The smallest absolute Gasteiger partial charge is 0.372 e. The highest BCUT2D eigenvalue weighted by molar-refractivity contribution is 8.02. The standard InChI is InChI=1S/C29H33Cl2N3O7S/c1-28(2)23(34(29(3,4)42-28)14-6-9-21(35)27(40)41)25(37)33-20(26(38)39)15-16-10-12-17(13-11-16)32-24(36)22-18(30)7-5-8-19(22)31/h5,7-8,10-13,20,23H,6,9,14-15H2,1-4H3,(H,32,36)(H,33,37)(H,38,39)(H,40,41)/t20-,23+/m1/s1. The Labute approximate surface area is 258 Å². The summed E-state index contributed by atoms with van der Waals surface area (Å²) in [4.78, 5) is 62.2. The van der Waals surface area contributed by atoms with E-state index in [2.05, 4.69) is 10.6 Å². The monoisotopic (exact) mass is 637 g/mol. The lowest BCUT2D eigenvalue weighted by atomic mass is 9.97. The fraction of sp³-hybridized carbons (Fsp3) is 0.414. The molecular formula is C29H33Cl2N3O7S. The van der Waals surface area contributed by atoms with Crippen LogP contribution >= 0.6 is 35.0 Å². The molecule has 1 aliphatic heterocycles. The number of thioether (sulfide) groups is 1. The predicted octanol–water partition coefficient (Wildman–Crippen LogP) is 4.72. The molecule has 2 atom stereocenters. The van der Waals surface area contributed by atoms with Gasteiger partial charge in [0.15, 0.2) is 0 Å². The van der Waals surface area contributed by atoms with Crippen LogP contribution in [0, 0.1) is 0 Å². The zero-order valence-electron chi connectivity index (χ0n) is 23.6. The second kappa shape index (κ2) is 13.5. The number of carboxylic acids is 2. The van der Waals surface area contributed by atoms with Crippen molar-refractivity contribution >= 4 is 70.2 Å². The molecule has 10 nitrogen and oxygen atoms in total. The van der Waals surface area contributed by atoms with Crippen LogP contribution in [0.5, 0.6) is 0 Å². The fourth-order valence-corrected chi connectivity index (χ4v) is 7.65. The molecule has 0 saturated carbocycles. The molecule has 1 aliphatic rings. The maximum Gasteiger partial charge on any atom is 0.372 e. The molecule has 0 aromatic heterocycles. The number of carbonyl (C=O) groups is 5. The molecule has 226 valence electrons. The third kappa shape index (κ3) is 8.03. The largest absolute Gasteiger partial charge is 0.480 e. The topological polar surface area (TPSA) is 153 Å². The number of carbonyl (C=O) groups excluding carboxylic acids is 3. The van der Waals surface area contributed by atoms with Crippen molar-refractivity contribution in [3.8, 4) is 0 Å². The third-order valence-corrected chi connectivity index (χ3v) is 9.03. The van der Waals surface area contributed by atoms with Crippen LogP contribution in [0.25, 0.3) is 0 Å². The highest BCUT2D eigenvalue weighted by Crippen LogP contribution is 2.51. The van der Waals surface area contributed by atoms with Gasteiger partial charge in [-0.15, -0.1) is 11.8 Å². The quantitative estimate of drug-likeness (QED) is 0.242. The third-order valence-electron chi connectivity index (χ3n) is 6.92. The lowest BCUT2D eigenvalue weighted by molar-refractivity contribution is -0.149. The molecule has 2 aromatic rings. The Hall–Kier alpha value is -3.12. The molecular weight excluding hydrogens is 605 g/mol. The maximum atomic E-state index is 13.6. The van der Waals surface area contributed by atoms with Crippen LogP contribution in [-0.4, -0.2) is 72.9 Å². The van der Waals surface area contributed by atoms with Crippen LogP contribution in [0.4, 0.5) is 5.69 Å². The van der Waals surface area contributed by atoms with E-state index in [0.29, 0.717) is 11.3 Å². The summed E-state index contributed by atoms with van der Waals surface area (Å²) < 4.78 is -0.599. The van der Waals surface area contributed by atoms with Gasteiger partial charge in [0.05, 0.1) is 20.5 Å². The van der Waals surface area contributed by atoms with Crippen LogP contribution in [0.15, 0.2) is 42.5 Å². The summed E-state index contributed by atoms with van der Waals surface area (Å²) in [5.74, 6) is -4.58. The van der Waals surface area contributed by atoms with Gasteiger partial charge in [-0.2, -0.15) is 0 Å². The molecule has 42 heavy (non-hydrogen) atoms. The number of benzene rings is 2. The van der Waals surface area contributed by atoms with Gasteiger partial charge in [0, 0.05) is 29.8 Å². The number of ketones is 1. The summed E-state index contributed by atoms with van der Waals surface area (Å²) in [6.07, 6.45) is 0.0618. The molecule has 13 heteroatoms. The number of hydrogen-bond donors (Lipinski definition) is 4. The highest BCUT2D eigenvalue weighted by Gasteiger charge is 2.54. The van der Waals surface area contributed by atoms with Crippen LogP contribution in [0.1, 0.15) is 56.5 Å². The normalized spacial score (nSPS) is 18.2. The number of hydrogen-bond acceptors (Lipinski definition) is 7. The van der Waals surface area contributed by atoms with Crippen molar-refractivity contribution < 1.29 is 34.2 Å². The van der Waals surface area contributed by atoms with Gasteiger partial charge in [0.2, 0.25) is 11.7 Å². The molecule has 1 heterocycles. The first-order chi connectivity index (χ1) is 19.5. The van der Waals surface area contributed by atoms with Crippen LogP contribution in [0.2, 0.25) is 10.0 Å². The van der Waals surface area contributed by atoms with E-state index in [1.54, 1.807) is 54.2 Å². The molecule has 0 unspecified atom stereocenters. The van der Waals surface area contributed by atoms with Gasteiger partial charge in [0.25, 0.3) is 5.91 Å². The molecule has 0 radical (unpaired) electrons. The summed E-state index contributed by atoms with van der Waals surface area (Å²) in [5, 5.41) is 24.6. The Morgan fingerprint density at radius 2 is 1.57 bits per heavy atom.